The fraction of sp³-hybridized carbons (Fsp3) is 0.538. The Balaban J connectivity index is 2.38. The lowest BCUT2D eigenvalue weighted by Crippen LogP contribution is -2.49. The average molecular weight is 381 g/mol. The maximum atomic E-state index is 14.3. The molecular weight excluding hydrogens is 363 g/mol. The number of ether oxygens (including phenoxy) is 1. The van der Waals surface area contributed by atoms with Gasteiger partial charge in [0.1, 0.15) is 10.7 Å². The van der Waals surface area contributed by atoms with Crippen LogP contribution in [0.3, 0.4) is 0 Å². The molecule has 0 bridgehead atoms. The molecule has 0 atom stereocenters. The van der Waals surface area contributed by atoms with E-state index >= 15 is 0 Å². The van der Waals surface area contributed by atoms with Gasteiger partial charge in [0, 0.05) is 35.3 Å². The molecule has 2 rings (SSSR count). The minimum absolute atomic E-state index is 0.0705. The fourth-order valence-corrected chi connectivity index (χ4v) is 4.53. The van der Waals surface area contributed by atoms with Crippen molar-refractivity contribution in [1.82, 2.24) is 4.72 Å². The summed E-state index contributed by atoms with van der Waals surface area (Å²) in [6.45, 7) is 2.69. The standard InChI is InChI=1S/C13H18BrFN2O3S/c1-13(2-4-20-5-3-13)17-21(18,19)11-7-10(14)6-9(8-16)12(11)15/h6-7,17H,2-5,8,16H2,1H3. The predicted octanol–water partition coefficient (Wildman–Crippen LogP) is 1.89. The molecule has 1 aliphatic heterocycles. The molecule has 5 nitrogen and oxygen atoms in total. The number of hydrogen-bond donors (Lipinski definition) is 2. The van der Waals surface area contributed by atoms with Crippen molar-refractivity contribution < 1.29 is 17.5 Å². The Hall–Kier alpha value is -0.540. The molecule has 118 valence electrons. The van der Waals surface area contributed by atoms with E-state index in [1.165, 1.54) is 12.1 Å². The van der Waals surface area contributed by atoms with Gasteiger partial charge in [0.25, 0.3) is 0 Å². The van der Waals surface area contributed by atoms with Crippen molar-refractivity contribution in [2.75, 3.05) is 13.2 Å². The van der Waals surface area contributed by atoms with Crippen LogP contribution in [0.1, 0.15) is 25.3 Å². The zero-order chi connectivity index (χ0) is 15.7. The summed E-state index contributed by atoms with van der Waals surface area (Å²) in [5, 5.41) is 0. The molecule has 1 aromatic rings. The van der Waals surface area contributed by atoms with E-state index in [0.29, 0.717) is 30.5 Å². The molecular formula is C13H18BrFN2O3S. The van der Waals surface area contributed by atoms with Crippen LogP contribution >= 0.6 is 15.9 Å². The van der Waals surface area contributed by atoms with Gasteiger partial charge in [-0.25, -0.2) is 17.5 Å². The molecule has 0 spiro atoms. The normalized spacial score (nSPS) is 18.7. The molecule has 0 aromatic heterocycles. The smallest absolute Gasteiger partial charge is 0.244 e. The second kappa shape index (κ2) is 6.29. The van der Waals surface area contributed by atoms with Crippen molar-refractivity contribution in [2.45, 2.75) is 36.7 Å². The number of nitrogens with two attached hydrogens (primary N) is 1. The molecule has 0 aliphatic carbocycles. The molecule has 8 heteroatoms. The highest BCUT2D eigenvalue weighted by molar-refractivity contribution is 9.10. The van der Waals surface area contributed by atoms with Crippen LogP contribution in [0.25, 0.3) is 0 Å². The van der Waals surface area contributed by atoms with Crippen molar-refractivity contribution >= 4 is 26.0 Å². The van der Waals surface area contributed by atoms with Gasteiger partial charge < -0.3 is 10.5 Å². The van der Waals surface area contributed by atoms with Crippen LogP contribution in [0.2, 0.25) is 0 Å². The molecule has 1 aliphatic rings. The van der Waals surface area contributed by atoms with E-state index in [2.05, 4.69) is 20.7 Å². The minimum Gasteiger partial charge on any atom is -0.381 e. The zero-order valence-corrected chi connectivity index (χ0v) is 14.1. The second-order valence-corrected chi connectivity index (χ2v) is 7.93. The lowest BCUT2D eigenvalue weighted by Gasteiger charge is -2.34. The van der Waals surface area contributed by atoms with E-state index in [9.17, 15) is 12.8 Å². The van der Waals surface area contributed by atoms with Crippen LogP contribution in [0.4, 0.5) is 4.39 Å². The first-order valence-corrected chi connectivity index (χ1v) is 8.85. The maximum Gasteiger partial charge on any atom is 0.244 e. The van der Waals surface area contributed by atoms with Gasteiger partial charge in [0.15, 0.2) is 0 Å². The van der Waals surface area contributed by atoms with Crippen LogP contribution in [-0.4, -0.2) is 27.2 Å². The van der Waals surface area contributed by atoms with Gasteiger partial charge >= 0.3 is 0 Å². The highest BCUT2D eigenvalue weighted by Crippen LogP contribution is 2.27. The molecule has 1 heterocycles. The number of nitrogens with one attached hydrogen (secondary N) is 1. The van der Waals surface area contributed by atoms with E-state index < -0.39 is 21.4 Å². The Bertz CT molecular complexity index is 631. The first kappa shape index (κ1) is 16.8. The minimum atomic E-state index is -3.97. The fourth-order valence-electron chi connectivity index (χ4n) is 2.27. The molecule has 21 heavy (non-hydrogen) atoms. The lowest BCUT2D eigenvalue weighted by atomic mass is 9.94. The number of hydrogen-bond acceptors (Lipinski definition) is 4. The van der Waals surface area contributed by atoms with Gasteiger partial charge in [-0.05, 0) is 31.9 Å². The Morgan fingerprint density at radius 2 is 2.05 bits per heavy atom. The van der Waals surface area contributed by atoms with E-state index in [0.717, 1.165) is 0 Å². The summed E-state index contributed by atoms with van der Waals surface area (Å²) in [4.78, 5) is -0.384. The van der Waals surface area contributed by atoms with Crippen molar-refractivity contribution in [3.8, 4) is 0 Å². The largest absolute Gasteiger partial charge is 0.381 e. The SMILES string of the molecule is CC1(NS(=O)(=O)c2cc(Br)cc(CN)c2F)CCOCC1. The number of rotatable bonds is 4. The first-order chi connectivity index (χ1) is 9.77. The van der Waals surface area contributed by atoms with Crippen molar-refractivity contribution in [3.05, 3.63) is 28.0 Å². The molecule has 0 saturated carbocycles. The van der Waals surface area contributed by atoms with E-state index in [-0.39, 0.29) is 17.0 Å². The molecule has 0 amide bonds. The third kappa shape index (κ3) is 3.81. The zero-order valence-electron chi connectivity index (χ0n) is 11.7. The number of sulfonamides is 1. The van der Waals surface area contributed by atoms with Crippen LogP contribution in [0, 0.1) is 5.82 Å². The van der Waals surface area contributed by atoms with Crippen LogP contribution in [0.5, 0.6) is 0 Å². The molecule has 3 N–H and O–H groups in total. The summed E-state index contributed by atoms with van der Waals surface area (Å²) in [5.74, 6) is -0.802. The van der Waals surface area contributed by atoms with E-state index in [4.69, 9.17) is 10.5 Å². The van der Waals surface area contributed by atoms with E-state index in [1.807, 2.05) is 0 Å². The quantitative estimate of drug-likeness (QED) is 0.835. The first-order valence-electron chi connectivity index (χ1n) is 6.57. The monoisotopic (exact) mass is 380 g/mol. The summed E-state index contributed by atoms with van der Waals surface area (Å²) in [5.41, 5.74) is 4.97. The Kier molecular flexibility index (Phi) is 5.04. The van der Waals surface area contributed by atoms with E-state index in [1.54, 1.807) is 6.92 Å². The summed E-state index contributed by atoms with van der Waals surface area (Å²) in [6, 6.07) is 2.73. The second-order valence-electron chi connectivity index (χ2n) is 5.36. The molecule has 0 unspecified atom stereocenters. The summed E-state index contributed by atoms with van der Waals surface area (Å²) >= 11 is 3.18. The Labute approximate surface area is 132 Å². The number of halogens is 2. The summed E-state index contributed by atoms with van der Waals surface area (Å²) in [6.07, 6.45) is 1.09. The van der Waals surface area contributed by atoms with Gasteiger partial charge in [-0.15, -0.1) is 0 Å². The third-order valence-electron chi connectivity index (χ3n) is 3.57. The van der Waals surface area contributed by atoms with Gasteiger partial charge in [-0.2, -0.15) is 0 Å². The lowest BCUT2D eigenvalue weighted by molar-refractivity contribution is 0.0537. The molecule has 1 saturated heterocycles. The molecule has 1 aromatic carbocycles. The topological polar surface area (TPSA) is 81.4 Å². The summed E-state index contributed by atoms with van der Waals surface area (Å²) in [7, 11) is -3.97. The Morgan fingerprint density at radius 3 is 2.62 bits per heavy atom. The highest BCUT2D eigenvalue weighted by atomic mass is 79.9. The van der Waals surface area contributed by atoms with Crippen molar-refractivity contribution in [2.24, 2.45) is 5.73 Å². The van der Waals surface area contributed by atoms with Gasteiger partial charge in [-0.1, -0.05) is 15.9 Å². The van der Waals surface area contributed by atoms with Crippen molar-refractivity contribution in [1.29, 1.82) is 0 Å². The maximum absolute atomic E-state index is 14.3. The van der Waals surface area contributed by atoms with Crippen LogP contribution in [0.15, 0.2) is 21.5 Å². The van der Waals surface area contributed by atoms with Crippen LogP contribution < -0.4 is 10.5 Å². The molecule has 1 fully saturated rings. The van der Waals surface area contributed by atoms with Crippen molar-refractivity contribution in [3.63, 3.8) is 0 Å². The Morgan fingerprint density at radius 1 is 1.43 bits per heavy atom. The van der Waals surface area contributed by atoms with Gasteiger partial charge in [0.05, 0.1) is 0 Å². The number of benzene rings is 1. The highest BCUT2D eigenvalue weighted by Gasteiger charge is 2.34. The predicted molar refractivity (Wildman–Crippen MR) is 80.8 cm³/mol. The average Bonchev–Trinajstić information content (AvgIpc) is 2.40. The summed E-state index contributed by atoms with van der Waals surface area (Å²) < 4.78 is 47.6. The molecule has 0 radical (unpaired) electrons. The third-order valence-corrected chi connectivity index (χ3v) is 5.66. The van der Waals surface area contributed by atoms with Gasteiger partial charge in [0.2, 0.25) is 10.0 Å². The van der Waals surface area contributed by atoms with Crippen LogP contribution in [-0.2, 0) is 21.3 Å². The van der Waals surface area contributed by atoms with Gasteiger partial charge in [-0.3, -0.25) is 0 Å².